The number of furan rings is 1. The Kier molecular flexibility index (Phi) is 5.30. The molecule has 0 bridgehead atoms. The topological polar surface area (TPSA) is 42.2 Å². The standard InChI is InChI=1S/C18H11Cl4NO2/c1-9-10(3-2-4-11(9)19)16-5-6-17(25-16)18(24)23-15-8-13(21)12(20)7-14(15)22/h2-8H,1H3,(H,23,24). The van der Waals surface area contributed by atoms with Gasteiger partial charge in [-0.2, -0.15) is 0 Å². The Morgan fingerprint density at radius 3 is 2.40 bits per heavy atom. The van der Waals surface area contributed by atoms with Crippen molar-refractivity contribution in [3.8, 4) is 11.3 Å². The Bertz CT molecular complexity index is 966. The number of amides is 1. The first kappa shape index (κ1) is 18.2. The van der Waals surface area contributed by atoms with Crippen LogP contribution in [0.25, 0.3) is 11.3 Å². The minimum atomic E-state index is -0.453. The van der Waals surface area contributed by atoms with Crippen LogP contribution in [-0.4, -0.2) is 5.91 Å². The van der Waals surface area contributed by atoms with Crippen LogP contribution in [0.1, 0.15) is 16.1 Å². The van der Waals surface area contributed by atoms with Gasteiger partial charge >= 0.3 is 0 Å². The van der Waals surface area contributed by atoms with Gasteiger partial charge in [-0.25, -0.2) is 0 Å². The van der Waals surface area contributed by atoms with Crippen LogP contribution < -0.4 is 5.32 Å². The number of hydrogen-bond acceptors (Lipinski definition) is 2. The van der Waals surface area contributed by atoms with Crippen LogP contribution in [0.15, 0.2) is 46.9 Å². The highest BCUT2D eigenvalue weighted by Crippen LogP contribution is 2.33. The van der Waals surface area contributed by atoms with Crippen molar-refractivity contribution in [2.24, 2.45) is 0 Å². The van der Waals surface area contributed by atoms with E-state index in [1.54, 1.807) is 18.2 Å². The Labute approximate surface area is 164 Å². The zero-order valence-electron chi connectivity index (χ0n) is 12.9. The number of nitrogens with one attached hydrogen (secondary N) is 1. The van der Waals surface area contributed by atoms with Gasteiger partial charge in [0, 0.05) is 10.6 Å². The monoisotopic (exact) mass is 413 g/mol. The highest BCUT2D eigenvalue weighted by Gasteiger charge is 2.16. The fourth-order valence-electron chi connectivity index (χ4n) is 2.28. The SMILES string of the molecule is Cc1c(Cl)cccc1-c1ccc(C(=O)Nc2cc(Cl)c(Cl)cc2Cl)o1. The molecule has 0 radical (unpaired) electrons. The van der Waals surface area contributed by atoms with Crippen LogP contribution in [0.5, 0.6) is 0 Å². The summed E-state index contributed by atoms with van der Waals surface area (Å²) in [6.07, 6.45) is 0. The molecule has 0 atom stereocenters. The average molecular weight is 415 g/mol. The quantitative estimate of drug-likeness (QED) is 0.463. The van der Waals surface area contributed by atoms with Crippen LogP contribution in [0, 0.1) is 6.92 Å². The molecular formula is C18H11Cl4NO2. The van der Waals surface area contributed by atoms with E-state index in [1.807, 2.05) is 19.1 Å². The lowest BCUT2D eigenvalue weighted by Gasteiger charge is -2.07. The smallest absolute Gasteiger partial charge is 0.291 e. The van der Waals surface area contributed by atoms with Gasteiger partial charge in [0.05, 0.1) is 20.8 Å². The lowest BCUT2D eigenvalue weighted by atomic mass is 10.1. The summed E-state index contributed by atoms with van der Waals surface area (Å²) in [6, 6.07) is 11.7. The van der Waals surface area contributed by atoms with E-state index in [4.69, 9.17) is 50.8 Å². The number of hydrogen-bond donors (Lipinski definition) is 1. The van der Waals surface area contributed by atoms with E-state index in [0.717, 1.165) is 11.1 Å². The maximum Gasteiger partial charge on any atom is 0.291 e. The summed E-state index contributed by atoms with van der Waals surface area (Å²) >= 11 is 24.0. The van der Waals surface area contributed by atoms with Crippen molar-refractivity contribution >= 4 is 58.0 Å². The third-order valence-corrected chi connectivity index (χ3v) is 5.07. The second-order valence-corrected chi connectivity index (χ2v) is 6.91. The van der Waals surface area contributed by atoms with Gasteiger partial charge in [-0.15, -0.1) is 0 Å². The van der Waals surface area contributed by atoms with Gasteiger partial charge in [0.1, 0.15) is 5.76 Å². The fourth-order valence-corrected chi connectivity index (χ4v) is 3.05. The van der Waals surface area contributed by atoms with E-state index in [2.05, 4.69) is 5.32 Å². The lowest BCUT2D eigenvalue weighted by molar-refractivity contribution is 0.0997. The Balaban J connectivity index is 1.86. The summed E-state index contributed by atoms with van der Waals surface area (Å²) < 4.78 is 5.66. The zero-order chi connectivity index (χ0) is 18.1. The van der Waals surface area contributed by atoms with E-state index in [0.29, 0.717) is 21.5 Å². The van der Waals surface area contributed by atoms with Gasteiger partial charge in [0.15, 0.2) is 5.76 Å². The molecule has 3 aromatic rings. The van der Waals surface area contributed by atoms with Crippen molar-refractivity contribution in [3.63, 3.8) is 0 Å². The third kappa shape index (κ3) is 3.80. The van der Waals surface area contributed by atoms with Gasteiger partial charge in [0.25, 0.3) is 5.91 Å². The molecule has 1 aromatic heterocycles. The Morgan fingerprint density at radius 1 is 0.920 bits per heavy atom. The Morgan fingerprint density at radius 2 is 1.64 bits per heavy atom. The summed E-state index contributed by atoms with van der Waals surface area (Å²) in [6.45, 7) is 1.88. The molecule has 1 N–H and O–H groups in total. The molecule has 1 amide bonds. The molecule has 0 unspecified atom stereocenters. The molecule has 0 saturated carbocycles. The maximum absolute atomic E-state index is 12.4. The molecule has 7 heteroatoms. The number of halogens is 4. The van der Waals surface area contributed by atoms with Gasteiger partial charge in [0.2, 0.25) is 0 Å². The molecule has 2 aromatic carbocycles. The first-order valence-electron chi connectivity index (χ1n) is 7.18. The summed E-state index contributed by atoms with van der Waals surface area (Å²) in [5, 5.41) is 4.15. The van der Waals surface area contributed by atoms with Gasteiger partial charge in [-0.1, -0.05) is 58.5 Å². The molecule has 3 nitrogen and oxygen atoms in total. The van der Waals surface area contributed by atoms with Crippen molar-refractivity contribution in [3.05, 3.63) is 73.9 Å². The van der Waals surface area contributed by atoms with Gasteiger partial charge in [-0.05, 0) is 42.8 Å². The van der Waals surface area contributed by atoms with Crippen molar-refractivity contribution in [2.75, 3.05) is 5.32 Å². The van der Waals surface area contributed by atoms with E-state index < -0.39 is 5.91 Å². The van der Waals surface area contributed by atoms with E-state index >= 15 is 0 Å². The van der Waals surface area contributed by atoms with Crippen LogP contribution in [0.3, 0.4) is 0 Å². The summed E-state index contributed by atoms with van der Waals surface area (Å²) in [5.41, 5.74) is 2.04. The minimum absolute atomic E-state index is 0.136. The van der Waals surface area contributed by atoms with Crippen LogP contribution in [0.2, 0.25) is 20.1 Å². The van der Waals surface area contributed by atoms with Crippen LogP contribution in [0.4, 0.5) is 5.69 Å². The normalized spacial score (nSPS) is 10.8. The third-order valence-electron chi connectivity index (χ3n) is 3.62. The second kappa shape index (κ2) is 7.30. The van der Waals surface area contributed by atoms with Gasteiger partial charge < -0.3 is 9.73 Å². The first-order valence-corrected chi connectivity index (χ1v) is 8.69. The molecule has 0 aliphatic carbocycles. The highest BCUT2D eigenvalue weighted by molar-refractivity contribution is 6.44. The molecule has 0 aliphatic heterocycles. The molecular weight excluding hydrogens is 404 g/mol. The van der Waals surface area contributed by atoms with Gasteiger partial charge in [-0.3, -0.25) is 4.79 Å². The molecule has 128 valence electrons. The largest absolute Gasteiger partial charge is 0.451 e. The van der Waals surface area contributed by atoms with Crippen molar-refractivity contribution < 1.29 is 9.21 Å². The van der Waals surface area contributed by atoms with Crippen molar-refractivity contribution in [1.82, 2.24) is 0 Å². The lowest BCUT2D eigenvalue weighted by Crippen LogP contribution is -2.11. The highest BCUT2D eigenvalue weighted by atomic mass is 35.5. The Hall–Kier alpha value is -1.65. The second-order valence-electron chi connectivity index (χ2n) is 5.28. The predicted octanol–water partition coefficient (Wildman–Crippen LogP) is 7.12. The summed E-state index contributed by atoms with van der Waals surface area (Å²) in [4.78, 5) is 12.4. The molecule has 3 rings (SSSR count). The van der Waals surface area contributed by atoms with Crippen LogP contribution in [-0.2, 0) is 0 Å². The first-order chi connectivity index (χ1) is 11.9. The van der Waals surface area contributed by atoms with Crippen molar-refractivity contribution in [1.29, 1.82) is 0 Å². The zero-order valence-corrected chi connectivity index (χ0v) is 15.9. The molecule has 25 heavy (non-hydrogen) atoms. The van der Waals surface area contributed by atoms with Crippen molar-refractivity contribution in [2.45, 2.75) is 6.92 Å². The van der Waals surface area contributed by atoms with E-state index in [9.17, 15) is 4.79 Å². The summed E-state index contributed by atoms with van der Waals surface area (Å²) in [7, 11) is 0. The predicted molar refractivity (Wildman–Crippen MR) is 103 cm³/mol. The number of benzene rings is 2. The molecule has 0 spiro atoms. The number of carbonyl (C=O) groups is 1. The van der Waals surface area contributed by atoms with Crippen LogP contribution >= 0.6 is 46.4 Å². The fraction of sp³-hybridized carbons (Fsp3) is 0.0556. The molecule has 1 heterocycles. The average Bonchev–Trinajstić information content (AvgIpc) is 3.05. The van der Waals surface area contributed by atoms with E-state index in [-0.39, 0.29) is 15.8 Å². The summed E-state index contributed by atoms with van der Waals surface area (Å²) in [5.74, 6) is 0.230. The number of rotatable bonds is 3. The van der Waals surface area contributed by atoms with E-state index in [1.165, 1.54) is 12.1 Å². The number of anilines is 1. The maximum atomic E-state index is 12.4. The molecule has 0 fully saturated rings. The minimum Gasteiger partial charge on any atom is -0.451 e. The number of carbonyl (C=O) groups excluding carboxylic acids is 1. The molecule has 0 aliphatic rings. The molecule has 0 saturated heterocycles.